The Kier molecular flexibility index (Phi) is 7.15. The molecular weight excluding hydrogens is 438 g/mol. The molecule has 3 aromatic carbocycles. The van der Waals surface area contributed by atoms with E-state index >= 15 is 0 Å². The van der Waals surface area contributed by atoms with Crippen molar-refractivity contribution in [1.82, 2.24) is 4.90 Å². The number of rotatable bonds is 8. The lowest BCUT2D eigenvalue weighted by Crippen LogP contribution is -2.33. The molecule has 180 valence electrons. The van der Waals surface area contributed by atoms with Crippen LogP contribution in [0.2, 0.25) is 0 Å². The summed E-state index contributed by atoms with van der Waals surface area (Å²) in [5.74, 6) is 1.53. The largest absolute Gasteiger partial charge is 0.497 e. The highest BCUT2D eigenvalue weighted by Crippen LogP contribution is 2.31. The summed E-state index contributed by atoms with van der Waals surface area (Å²) in [6.07, 6.45) is 4.53. The molecular formula is C30H31NO4. The minimum absolute atomic E-state index is 0.343. The highest BCUT2D eigenvalue weighted by molar-refractivity contribution is 5.88. The zero-order valence-corrected chi connectivity index (χ0v) is 20.2. The second-order valence-electron chi connectivity index (χ2n) is 9.04. The molecule has 2 heterocycles. The fourth-order valence-electron chi connectivity index (χ4n) is 4.84. The Morgan fingerprint density at radius 1 is 0.886 bits per heavy atom. The molecule has 0 spiro atoms. The Hall–Kier alpha value is -3.57. The quantitative estimate of drug-likeness (QED) is 0.300. The van der Waals surface area contributed by atoms with Crippen molar-refractivity contribution in [3.63, 3.8) is 0 Å². The van der Waals surface area contributed by atoms with Crippen LogP contribution in [-0.2, 0) is 6.42 Å². The highest BCUT2D eigenvalue weighted by Gasteiger charge is 2.17. The number of likely N-dealkylation sites (tertiary alicyclic amines) is 1. The highest BCUT2D eigenvalue weighted by atomic mass is 16.5. The number of methoxy groups -OCH3 is 1. The lowest BCUT2D eigenvalue weighted by molar-refractivity contribution is 0.183. The summed E-state index contributed by atoms with van der Waals surface area (Å²) in [5.41, 5.74) is 3.69. The van der Waals surface area contributed by atoms with Crippen molar-refractivity contribution in [3.05, 3.63) is 94.3 Å². The third kappa shape index (κ3) is 5.41. The maximum Gasteiger partial charge on any atom is 0.344 e. The Labute approximate surface area is 205 Å². The number of benzene rings is 3. The Morgan fingerprint density at radius 3 is 2.37 bits per heavy atom. The Balaban J connectivity index is 1.41. The first-order valence-corrected chi connectivity index (χ1v) is 12.3. The average Bonchev–Trinajstić information content (AvgIpc) is 2.90. The van der Waals surface area contributed by atoms with Gasteiger partial charge < -0.3 is 13.9 Å². The fourth-order valence-corrected chi connectivity index (χ4v) is 4.84. The van der Waals surface area contributed by atoms with Crippen molar-refractivity contribution in [1.29, 1.82) is 0 Å². The van der Waals surface area contributed by atoms with Gasteiger partial charge in [-0.3, -0.25) is 4.90 Å². The van der Waals surface area contributed by atoms with Gasteiger partial charge in [-0.05, 0) is 73.3 Å². The molecule has 1 aliphatic rings. The third-order valence-corrected chi connectivity index (χ3v) is 6.71. The molecule has 4 aromatic rings. The van der Waals surface area contributed by atoms with Crippen LogP contribution in [0.25, 0.3) is 22.1 Å². The van der Waals surface area contributed by atoms with Crippen LogP contribution in [0.5, 0.6) is 11.5 Å². The van der Waals surface area contributed by atoms with Crippen molar-refractivity contribution < 1.29 is 13.9 Å². The monoisotopic (exact) mass is 469 g/mol. The normalized spacial score (nSPS) is 14.2. The first-order chi connectivity index (χ1) is 17.2. The number of ether oxygens (including phenoxy) is 2. The maximum atomic E-state index is 13.1. The number of hydrogen-bond donors (Lipinski definition) is 0. The van der Waals surface area contributed by atoms with Crippen molar-refractivity contribution in [2.24, 2.45) is 0 Å². The molecule has 0 amide bonds. The van der Waals surface area contributed by atoms with Crippen LogP contribution in [0.1, 0.15) is 30.4 Å². The topological polar surface area (TPSA) is 51.9 Å². The van der Waals surface area contributed by atoms with Gasteiger partial charge in [0.25, 0.3) is 0 Å². The van der Waals surface area contributed by atoms with Gasteiger partial charge >= 0.3 is 5.63 Å². The summed E-state index contributed by atoms with van der Waals surface area (Å²) in [7, 11) is 1.61. The molecule has 0 atom stereocenters. The van der Waals surface area contributed by atoms with Crippen molar-refractivity contribution in [3.8, 4) is 22.6 Å². The van der Waals surface area contributed by atoms with Crippen LogP contribution in [0.4, 0.5) is 0 Å². The summed E-state index contributed by atoms with van der Waals surface area (Å²) < 4.78 is 17.1. The Bertz CT molecular complexity index is 1320. The molecule has 1 aromatic heterocycles. The van der Waals surface area contributed by atoms with Crippen LogP contribution in [0.3, 0.4) is 0 Å². The molecule has 5 nitrogen and oxygen atoms in total. The molecule has 5 rings (SSSR count). The van der Waals surface area contributed by atoms with E-state index in [0.29, 0.717) is 29.9 Å². The lowest BCUT2D eigenvalue weighted by atomic mass is 9.93. The van der Waals surface area contributed by atoms with E-state index in [1.807, 2.05) is 54.6 Å². The van der Waals surface area contributed by atoms with E-state index < -0.39 is 0 Å². The van der Waals surface area contributed by atoms with Gasteiger partial charge in [0.2, 0.25) is 0 Å². The summed E-state index contributed by atoms with van der Waals surface area (Å²) in [6.45, 7) is 4.02. The van der Waals surface area contributed by atoms with E-state index in [9.17, 15) is 4.79 Å². The van der Waals surface area contributed by atoms with Crippen LogP contribution in [0, 0.1) is 0 Å². The smallest absolute Gasteiger partial charge is 0.344 e. The zero-order chi connectivity index (χ0) is 24.0. The number of piperidine rings is 1. The van der Waals surface area contributed by atoms with Crippen LogP contribution in [0.15, 0.2) is 82.0 Å². The van der Waals surface area contributed by atoms with Crippen LogP contribution < -0.4 is 15.1 Å². The SMILES string of the molecule is COc1ccc2c(Cc3ccc(OCCN4CCCCC4)cc3)c(-c3ccccc3)c(=O)oc2c1. The first-order valence-electron chi connectivity index (χ1n) is 12.3. The summed E-state index contributed by atoms with van der Waals surface area (Å²) in [4.78, 5) is 15.6. The summed E-state index contributed by atoms with van der Waals surface area (Å²) in [6, 6.07) is 23.6. The minimum atomic E-state index is -0.343. The van der Waals surface area contributed by atoms with Crippen molar-refractivity contribution in [2.75, 3.05) is 33.4 Å². The van der Waals surface area contributed by atoms with Gasteiger partial charge in [0, 0.05) is 18.0 Å². The van der Waals surface area contributed by atoms with Gasteiger partial charge in [0.05, 0.1) is 12.7 Å². The molecule has 0 saturated carbocycles. The van der Waals surface area contributed by atoms with E-state index in [1.165, 1.54) is 32.4 Å². The second-order valence-corrected chi connectivity index (χ2v) is 9.04. The first kappa shape index (κ1) is 23.2. The van der Waals surface area contributed by atoms with Crippen molar-refractivity contribution >= 4 is 11.0 Å². The van der Waals surface area contributed by atoms with Crippen LogP contribution in [-0.4, -0.2) is 38.3 Å². The number of hydrogen-bond acceptors (Lipinski definition) is 5. The van der Waals surface area contributed by atoms with Gasteiger partial charge in [0.1, 0.15) is 23.7 Å². The predicted molar refractivity (Wildman–Crippen MR) is 140 cm³/mol. The predicted octanol–water partition coefficient (Wildman–Crippen LogP) is 5.92. The lowest BCUT2D eigenvalue weighted by Gasteiger charge is -2.26. The van der Waals surface area contributed by atoms with Gasteiger partial charge in [-0.2, -0.15) is 0 Å². The molecule has 0 bridgehead atoms. The summed E-state index contributed by atoms with van der Waals surface area (Å²) in [5, 5.41) is 0.908. The third-order valence-electron chi connectivity index (χ3n) is 6.71. The van der Waals surface area contributed by atoms with Gasteiger partial charge in [-0.25, -0.2) is 4.79 Å². The maximum absolute atomic E-state index is 13.1. The number of nitrogens with zero attached hydrogens (tertiary/aromatic N) is 1. The van der Waals surface area contributed by atoms with Crippen molar-refractivity contribution in [2.45, 2.75) is 25.7 Å². The Morgan fingerprint density at radius 2 is 1.63 bits per heavy atom. The van der Waals surface area contributed by atoms with Crippen LogP contribution >= 0.6 is 0 Å². The average molecular weight is 470 g/mol. The zero-order valence-electron chi connectivity index (χ0n) is 20.2. The molecule has 0 aliphatic carbocycles. The van der Waals surface area contributed by atoms with E-state index in [0.717, 1.165) is 34.4 Å². The number of fused-ring (bicyclic) bond motifs is 1. The minimum Gasteiger partial charge on any atom is -0.497 e. The van der Waals surface area contributed by atoms with Gasteiger partial charge in [-0.1, -0.05) is 48.9 Å². The molecule has 0 N–H and O–H groups in total. The summed E-state index contributed by atoms with van der Waals surface area (Å²) >= 11 is 0. The molecule has 0 unspecified atom stereocenters. The van der Waals surface area contributed by atoms with E-state index in [4.69, 9.17) is 13.9 Å². The van der Waals surface area contributed by atoms with E-state index in [2.05, 4.69) is 17.0 Å². The fraction of sp³-hybridized carbons (Fsp3) is 0.300. The molecule has 1 fully saturated rings. The van der Waals surface area contributed by atoms with Gasteiger partial charge in [-0.15, -0.1) is 0 Å². The van der Waals surface area contributed by atoms with Gasteiger partial charge in [0.15, 0.2) is 0 Å². The van der Waals surface area contributed by atoms with E-state index in [1.54, 1.807) is 13.2 Å². The molecule has 35 heavy (non-hydrogen) atoms. The van der Waals surface area contributed by atoms with E-state index in [-0.39, 0.29) is 5.63 Å². The molecule has 1 saturated heterocycles. The second kappa shape index (κ2) is 10.8. The molecule has 0 radical (unpaired) electrons. The standard InChI is InChI=1S/C30H31NO4/c1-33-25-14-15-26-27(29(23-8-4-2-5-9-23)30(32)35-28(26)21-25)20-22-10-12-24(13-11-22)34-19-18-31-16-6-3-7-17-31/h2,4-5,8-15,21H,3,6-7,16-20H2,1H3. The molecule has 1 aliphatic heterocycles. The molecule has 5 heteroatoms.